The van der Waals surface area contributed by atoms with Gasteiger partial charge >= 0.3 is 0 Å². The van der Waals surface area contributed by atoms with Crippen molar-refractivity contribution in [3.63, 3.8) is 0 Å². The minimum absolute atomic E-state index is 0.646. The second kappa shape index (κ2) is 5.01. The number of rotatable bonds is 1. The van der Waals surface area contributed by atoms with Gasteiger partial charge in [0.25, 0.3) is 0 Å². The van der Waals surface area contributed by atoms with E-state index in [9.17, 15) is 0 Å². The van der Waals surface area contributed by atoms with E-state index in [1.807, 2.05) is 6.20 Å². The molecule has 20 heavy (non-hydrogen) atoms. The molecule has 2 atom stereocenters. The van der Waals surface area contributed by atoms with Crippen molar-refractivity contribution >= 4 is 32.5 Å². The zero-order valence-electron chi connectivity index (χ0n) is 11.3. The van der Waals surface area contributed by atoms with Gasteiger partial charge in [-0.3, -0.25) is 0 Å². The minimum atomic E-state index is 0.646. The summed E-state index contributed by atoms with van der Waals surface area (Å²) >= 11 is 3.64. The Hall–Kier alpha value is -1.13. The lowest BCUT2D eigenvalue weighted by atomic mass is 9.94. The van der Waals surface area contributed by atoms with Gasteiger partial charge in [0.05, 0.1) is 0 Å². The van der Waals surface area contributed by atoms with Crippen LogP contribution in [-0.4, -0.2) is 30.7 Å². The molecule has 0 radical (unpaired) electrons. The molecule has 4 rings (SSSR count). The number of hydrogen-bond donors (Lipinski definition) is 1. The van der Waals surface area contributed by atoms with Crippen LogP contribution in [-0.2, 0) is 0 Å². The summed E-state index contributed by atoms with van der Waals surface area (Å²) < 4.78 is 1.15. The number of nitrogens with zero attached hydrogens (tertiary/aromatic N) is 2. The lowest BCUT2D eigenvalue weighted by Crippen LogP contribution is -2.40. The number of pyridine rings is 1. The summed E-state index contributed by atoms with van der Waals surface area (Å²) in [5.74, 6) is 1.92. The number of anilines is 1. The molecule has 2 saturated heterocycles. The molecule has 0 amide bonds. The van der Waals surface area contributed by atoms with Crippen molar-refractivity contribution in [3.05, 3.63) is 34.9 Å². The molecular formula is C16H18BrN3. The summed E-state index contributed by atoms with van der Waals surface area (Å²) in [5.41, 5.74) is 0. The second-order valence-corrected chi connectivity index (χ2v) is 6.69. The second-order valence-electron chi connectivity index (χ2n) is 5.84. The first kappa shape index (κ1) is 12.6. The van der Waals surface area contributed by atoms with Gasteiger partial charge in [-0.2, -0.15) is 0 Å². The molecule has 0 spiro atoms. The van der Waals surface area contributed by atoms with Crippen LogP contribution in [0.2, 0.25) is 0 Å². The van der Waals surface area contributed by atoms with Crippen LogP contribution in [0, 0.1) is 5.92 Å². The van der Waals surface area contributed by atoms with Crippen LogP contribution in [0.25, 0.3) is 10.8 Å². The number of halogens is 1. The largest absolute Gasteiger partial charge is 0.354 e. The van der Waals surface area contributed by atoms with E-state index in [0.29, 0.717) is 6.04 Å². The summed E-state index contributed by atoms with van der Waals surface area (Å²) in [6.45, 7) is 3.39. The van der Waals surface area contributed by atoms with Crippen LogP contribution in [0.4, 0.5) is 5.82 Å². The Kier molecular flexibility index (Phi) is 3.15. The quantitative estimate of drug-likeness (QED) is 0.869. The molecule has 0 saturated carbocycles. The van der Waals surface area contributed by atoms with E-state index < -0.39 is 0 Å². The first-order chi connectivity index (χ1) is 9.83. The molecule has 1 aromatic heterocycles. The first-order valence-corrected chi connectivity index (χ1v) is 8.14. The number of fused-ring (bicyclic) bond motifs is 2. The molecule has 0 unspecified atom stereocenters. The van der Waals surface area contributed by atoms with Crippen LogP contribution in [0.5, 0.6) is 0 Å². The molecule has 3 heterocycles. The van der Waals surface area contributed by atoms with Crippen molar-refractivity contribution in [1.29, 1.82) is 0 Å². The molecule has 2 aliphatic heterocycles. The number of piperidine rings is 1. The lowest BCUT2D eigenvalue weighted by Gasteiger charge is -2.24. The maximum atomic E-state index is 4.67. The maximum absolute atomic E-state index is 4.67. The van der Waals surface area contributed by atoms with E-state index in [-0.39, 0.29) is 0 Å². The Morgan fingerprint density at radius 1 is 1.20 bits per heavy atom. The summed E-state index contributed by atoms with van der Waals surface area (Å²) in [4.78, 5) is 7.13. The van der Waals surface area contributed by atoms with Gasteiger partial charge in [-0.05, 0) is 37.4 Å². The van der Waals surface area contributed by atoms with Crippen molar-refractivity contribution in [3.8, 4) is 0 Å². The fraction of sp³-hybridized carbons (Fsp3) is 0.438. The highest BCUT2D eigenvalue weighted by Gasteiger charge is 2.35. The van der Waals surface area contributed by atoms with Gasteiger partial charge in [0.15, 0.2) is 0 Å². The monoisotopic (exact) mass is 331 g/mol. The lowest BCUT2D eigenvalue weighted by molar-refractivity contribution is 0.340. The van der Waals surface area contributed by atoms with Gasteiger partial charge in [-0.15, -0.1) is 0 Å². The first-order valence-electron chi connectivity index (χ1n) is 7.34. The Bertz CT molecular complexity index is 629. The fourth-order valence-electron chi connectivity index (χ4n) is 3.63. The highest BCUT2D eigenvalue weighted by molar-refractivity contribution is 9.10. The van der Waals surface area contributed by atoms with Crippen molar-refractivity contribution in [2.45, 2.75) is 18.9 Å². The number of aromatic nitrogens is 1. The van der Waals surface area contributed by atoms with E-state index in [1.165, 1.54) is 30.2 Å². The van der Waals surface area contributed by atoms with Crippen LogP contribution >= 0.6 is 15.9 Å². The molecule has 2 aliphatic rings. The molecule has 3 nitrogen and oxygen atoms in total. The third-order valence-corrected chi connectivity index (χ3v) is 5.32. The minimum Gasteiger partial charge on any atom is -0.354 e. The molecule has 1 aromatic carbocycles. The van der Waals surface area contributed by atoms with E-state index in [2.05, 4.69) is 55.4 Å². The highest BCUT2D eigenvalue weighted by atomic mass is 79.9. The number of hydrogen-bond acceptors (Lipinski definition) is 3. The van der Waals surface area contributed by atoms with E-state index >= 15 is 0 Å². The average Bonchev–Trinajstić information content (AvgIpc) is 2.91. The molecule has 2 aromatic rings. The zero-order chi connectivity index (χ0) is 13.5. The standard InChI is InChI=1S/C16H18BrN3/c17-14-5-1-4-13-12(14)6-8-19-16(13)20-9-11-3-2-7-18-15(11)10-20/h1,4-6,8,11,15,18H,2-3,7,9-10H2/t11-,15+/m0/s1. The summed E-state index contributed by atoms with van der Waals surface area (Å²) in [6.07, 6.45) is 4.59. The molecule has 104 valence electrons. The maximum Gasteiger partial charge on any atom is 0.136 e. The Balaban J connectivity index is 1.74. The molecule has 0 aliphatic carbocycles. The molecule has 0 bridgehead atoms. The van der Waals surface area contributed by atoms with E-state index in [1.54, 1.807) is 0 Å². The SMILES string of the molecule is Brc1cccc2c(N3C[C@@H]4CCCN[C@@H]4C3)nccc12. The Labute approximate surface area is 127 Å². The van der Waals surface area contributed by atoms with Crippen LogP contribution < -0.4 is 10.2 Å². The third-order valence-electron chi connectivity index (χ3n) is 4.63. The summed E-state index contributed by atoms with van der Waals surface area (Å²) in [7, 11) is 0. The fourth-order valence-corrected chi connectivity index (χ4v) is 4.12. The van der Waals surface area contributed by atoms with Gasteiger partial charge in [0, 0.05) is 40.6 Å². The normalized spacial score (nSPS) is 25.9. The molecular weight excluding hydrogens is 314 g/mol. The number of benzene rings is 1. The molecule has 2 fully saturated rings. The highest BCUT2D eigenvalue weighted by Crippen LogP contribution is 2.34. The summed E-state index contributed by atoms with van der Waals surface area (Å²) in [5, 5.41) is 6.16. The zero-order valence-corrected chi connectivity index (χ0v) is 12.9. The Morgan fingerprint density at radius 3 is 3.05 bits per heavy atom. The van der Waals surface area contributed by atoms with Crippen molar-refractivity contribution in [2.24, 2.45) is 5.92 Å². The Morgan fingerprint density at radius 2 is 2.15 bits per heavy atom. The average molecular weight is 332 g/mol. The van der Waals surface area contributed by atoms with E-state index in [0.717, 1.165) is 29.3 Å². The summed E-state index contributed by atoms with van der Waals surface area (Å²) in [6, 6.07) is 9.10. The third kappa shape index (κ3) is 2.02. The van der Waals surface area contributed by atoms with Crippen molar-refractivity contribution in [2.75, 3.05) is 24.5 Å². The van der Waals surface area contributed by atoms with Gasteiger partial charge in [-0.25, -0.2) is 4.98 Å². The molecule has 4 heteroatoms. The van der Waals surface area contributed by atoms with Crippen molar-refractivity contribution in [1.82, 2.24) is 10.3 Å². The van der Waals surface area contributed by atoms with Gasteiger partial charge in [-0.1, -0.05) is 28.1 Å². The van der Waals surface area contributed by atoms with Crippen LogP contribution in [0.1, 0.15) is 12.8 Å². The smallest absolute Gasteiger partial charge is 0.136 e. The number of nitrogens with one attached hydrogen (secondary N) is 1. The van der Waals surface area contributed by atoms with Crippen LogP contribution in [0.15, 0.2) is 34.9 Å². The van der Waals surface area contributed by atoms with E-state index in [4.69, 9.17) is 0 Å². The topological polar surface area (TPSA) is 28.2 Å². The molecule has 1 N–H and O–H groups in total. The van der Waals surface area contributed by atoms with Crippen molar-refractivity contribution < 1.29 is 0 Å². The van der Waals surface area contributed by atoms with Crippen LogP contribution in [0.3, 0.4) is 0 Å². The van der Waals surface area contributed by atoms with Gasteiger partial charge < -0.3 is 10.2 Å². The van der Waals surface area contributed by atoms with Gasteiger partial charge in [0.2, 0.25) is 0 Å². The predicted octanol–water partition coefficient (Wildman–Crippen LogP) is 3.19. The van der Waals surface area contributed by atoms with Gasteiger partial charge in [0.1, 0.15) is 5.82 Å². The predicted molar refractivity (Wildman–Crippen MR) is 86.2 cm³/mol.